The van der Waals surface area contributed by atoms with Gasteiger partial charge in [0, 0.05) is 24.8 Å². The van der Waals surface area contributed by atoms with Crippen molar-refractivity contribution in [2.75, 3.05) is 13.1 Å². The van der Waals surface area contributed by atoms with Crippen molar-refractivity contribution in [3.63, 3.8) is 0 Å². The van der Waals surface area contributed by atoms with Crippen molar-refractivity contribution in [3.05, 3.63) is 48.5 Å². The highest BCUT2D eigenvalue weighted by Crippen LogP contribution is 2.28. The minimum absolute atomic E-state index is 0. The molecule has 1 atom stereocenters. The number of benzene rings is 1. The lowest BCUT2D eigenvalue weighted by Crippen LogP contribution is -2.54. The predicted molar refractivity (Wildman–Crippen MR) is 100 cm³/mol. The summed E-state index contributed by atoms with van der Waals surface area (Å²) in [6.07, 6.45) is 4.15. The lowest BCUT2D eigenvalue weighted by atomic mass is 9.79. The van der Waals surface area contributed by atoms with Crippen LogP contribution >= 0.6 is 24.8 Å². The summed E-state index contributed by atoms with van der Waals surface area (Å²) in [5.74, 6) is 0.0151. The van der Waals surface area contributed by atoms with Gasteiger partial charge in [0.2, 0.25) is 0 Å². The highest BCUT2D eigenvalue weighted by atomic mass is 35.5. The van der Waals surface area contributed by atoms with E-state index in [1.165, 1.54) is 0 Å². The van der Waals surface area contributed by atoms with E-state index in [2.05, 4.69) is 18.8 Å². The molecule has 2 heterocycles. The van der Waals surface area contributed by atoms with Gasteiger partial charge in [-0.1, -0.05) is 32.0 Å². The van der Waals surface area contributed by atoms with Crippen LogP contribution in [0.15, 0.2) is 42.9 Å². The van der Waals surface area contributed by atoms with Crippen molar-refractivity contribution in [1.29, 1.82) is 0 Å². The van der Waals surface area contributed by atoms with Crippen molar-refractivity contribution in [3.8, 4) is 5.69 Å². The highest BCUT2D eigenvalue weighted by molar-refractivity contribution is 5.93. The summed E-state index contributed by atoms with van der Waals surface area (Å²) in [6, 6.07) is 9.93. The standard InChI is InChI=1S/C17H22N4O.2ClH/c1-17(2)11-20(9-8-15(17)18)16(22)14-10-19-12-21(14)13-6-4-3-5-7-13;;/h3-7,10,12,15H,8-9,11,18H2,1-2H3;2*1H. The number of rotatable bonds is 2. The Hall–Kier alpha value is -1.56. The molecule has 24 heavy (non-hydrogen) atoms. The van der Waals surface area contributed by atoms with Crippen LogP contribution in [0.5, 0.6) is 0 Å². The number of nitrogens with zero attached hydrogens (tertiary/aromatic N) is 3. The molecule has 0 bridgehead atoms. The zero-order chi connectivity index (χ0) is 15.7. The molecular weight excluding hydrogens is 347 g/mol. The maximum atomic E-state index is 12.9. The van der Waals surface area contributed by atoms with Crippen molar-refractivity contribution < 1.29 is 4.79 Å². The lowest BCUT2D eigenvalue weighted by Gasteiger charge is -2.42. The largest absolute Gasteiger partial charge is 0.337 e. The number of imidazole rings is 1. The van der Waals surface area contributed by atoms with E-state index in [1.54, 1.807) is 12.5 Å². The van der Waals surface area contributed by atoms with Crippen LogP contribution < -0.4 is 5.73 Å². The molecule has 1 amide bonds. The van der Waals surface area contributed by atoms with E-state index in [-0.39, 0.29) is 42.2 Å². The number of carbonyl (C=O) groups is 1. The number of para-hydroxylation sites is 1. The van der Waals surface area contributed by atoms with E-state index in [4.69, 9.17) is 5.73 Å². The fourth-order valence-electron chi connectivity index (χ4n) is 2.96. The van der Waals surface area contributed by atoms with Gasteiger partial charge in [-0.2, -0.15) is 0 Å². The average molecular weight is 371 g/mol. The van der Waals surface area contributed by atoms with Gasteiger partial charge in [-0.25, -0.2) is 4.98 Å². The van der Waals surface area contributed by atoms with E-state index in [9.17, 15) is 4.79 Å². The lowest BCUT2D eigenvalue weighted by molar-refractivity contribution is 0.0525. The SMILES string of the molecule is CC1(C)CN(C(=O)c2cncn2-c2ccccc2)CCC1N.Cl.Cl. The molecule has 0 radical (unpaired) electrons. The molecule has 5 nitrogen and oxygen atoms in total. The summed E-state index contributed by atoms with van der Waals surface area (Å²) in [6.45, 7) is 5.60. The zero-order valence-electron chi connectivity index (χ0n) is 13.9. The van der Waals surface area contributed by atoms with E-state index in [1.807, 2.05) is 39.8 Å². The van der Waals surface area contributed by atoms with Crippen molar-refractivity contribution in [1.82, 2.24) is 14.5 Å². The molecule has 0 aliphatic carbocycles. The van der Waals surface area contributed by atoms with Crippen LogP contribution in [-0.2, 0) is 0 Å². The van der Waals surface area contributed by atoms with E-state index >= 15 is 0 Å². The summed E-state index contributed by atoms with van der Waals surface area (Å²) >= 11 is 0. The molecule has 2 N–H and O–H groups in total. The quantitative estimate of drug-likeness (QED) is 0.883. The Labute approximate surface area is 155 Å². The number of halogens is 2. The second-order valence-corrected chi connectivity index (χ2v) is 6.59. The van der Waals surface area contributed by atoms with Gasteiger partial charge >= 0.3 is 0 Å². The molecule has 0 spiro atoms. The number of likely N-dealkylation sites (tertiary alicyclic amines) is 1. The molecular formula is C17H24Cl2N4O. The van der Waals surface area contributed by atoms with E-state index < -0.39 is 0 Å². The summed E-state index contributed by atoms with van der Waals surface area (Å²) < 4.78 is 1.84. The van der Waals surface area contributed by atoms with Crippen LogP contribution in [-0.4, -0.2) is 39.5 Å². The molecule has 1 aromatic heterocycles. The van der Waals surface area contributed by atoms with Gasteiger partial charge in [-0.05, 0) is 24.0 Å². The van der Waals surface area contributed by atoms with E-state index in [0.29, 0.717) is 18.8 Å². The maximum absolute atomic E-state index is 12.9. The Bertz CT molecular complexity index is 672. The van der Waals surface area contributed by atoms with Crippen LogP contribution in [0.3, 0.4) is 0 Å². The summed E-state index contributed by atoms with van der Waals surface area (Å²) in [7, 11) is 0. The van der Waals surface area contributed by atoms with Crippen molar-refractivity contribution in [2.45, 2.75) is 26.3 Å². The fourth-order valence-corrected chi connectivity index (χ4v) is 2.96. The topological polar surface area (TPSA) is 64.2 Å². The highest BCUT2D eigenvalue weighted by Gasteiger charge is 2.36. The normalized spacial score (nSPS) is 19.1. The molecule has 132 valence electrons. The van der Waals surface area contributed by atoms with Gasteiger partial charge in [0.15, 0.2) is 0 Å². The summed E-state index contributed by atoms with van der Waals surface area (Å²) in [5, 5.41) is 0. The first-order valence-electron chi connectivity index (χ1n) is 7.62. The third-order valence-electron chi connectivity index (χ3n) is 4.49. The van der Waals surface area contributed by atoms with Crippen LogP contribution in [0.1, 0.15) is 30.8 Å². The summed E-state index contributed by atoms with van der Waals surface area (Å²) in [4.78, 5) is 18.9. The minimum Gasteiger partial charge on any atom is -0.337 e. The first-order valence-corrected chi connectivity index (χ1v) is 7.62. The first kappa shape index (κ1) is 20.5. The Morgan fingerprint density at radius 3 is 2.54 bits per heavy atom. The third-order valence-corrected chi connectivity index (χ3v) is 4.49. The number of piperidine rings is 1. The van der Waals surface area contributed by atoms with Gasteiger partial charge in [0.25, 0.3) is 5.91 Å². The number of aromatic nitrogens is 2. The number of hydrogen-bond acceptors (Lipinski definition) is 3. The number of nitrogens with two attached hydrogens (primary N) is 1. The molecule has 1 fully saturated rings. The van der Waals surface area contributed by atoms with Crippen LogP contribution in [0.2, 0.25) is 0 Å². The molecule has 1 aromatic carbocycles. The Morgan fingerprint density at radius 2 is 1.92 bits per heavy atom. The van der Waals surface area contributed by atoms with Crippen LogP contribution in [0.4, 0.5) is 0 Å². The van der Waals surface area contributed by atoms with Crippen LogP contribution in [0.25, 0.3) is 5.69 Å². The number of amides is 1. The summed E-state index contributed by atoms with van der Waals surface area (Å²) in [5.41, 5.74) is 7.63. The van der Waals surface area contributed by atoms with Gasteiger partial charge < -0.3 is 10.6 Å². The zero-order valence-corrected chi connectivity index (χ0v) is 15.5. The van der Waals surface area contributed by atoms with Gasteiger partial charge in [0.05, 0.1) is 12.5 Å². The molecule has 7 heteroatoms. The monoisotopic (exact) mass is 370 g/mol. The Kier molecular flexibility index (Phi) is 6.84. The fraction of sp³-hybridized carbons (Fsp3) is 0.412. The predicted octanol–water partition coefficient (Wildman–Crippen LogP) is 2.92. The van der Waals surface area contributed by atoms with E-state index in [0.717, 1.165) is 12.1 Å². The number of hydrogen-bond donors (Lipinski definition) is 1. The molecule has 2 aromatic rings. The number of carbonyl (C=O) groups excluding carboxylic acids is 1. The first-order chi connectivity index (χ1) is 10.5. The van der Waals surface area contributed by atoms with Crippen molar-refractivity contribution >= 4 is 30.7 Å². The molecule has 1 aliphatic rings. The molecule has 0 saturated carbocycles. The van der Waals surface area contributed by atoms with Gasteiger partial charge in [-0.3, -0.25) is 9.36 Å². The second kappa shape index (κ2) is 8.01. The van der Waals surface area contributed by atoms with Gasteiger partial charge in [0.1, 0.15) is 5.69 Å². The second-order valence-electron chi connectivity index (χ2n) is 6.59. The Morgan fingerprint density at radius 1 is 1.25 bits per heavy atom. The molecule has 3 rings (SSSR count). The minimum atomic E-state index is -0.0640. The maximum Gasteiger partial charge on any atom is 0.272 e. The third kappa shape index (κ3) is 3.91. The molecule has 1 saturated heterocycles. The van der Waals surface area contributed by atoms with Crippen molar-refractivity contribution in [2.24, 2.45) is 11.1 Å². The molecule has 1 unspecified atom stereocenters. The average Bonchev–Trinajstić information content (AvgIpc) is 2.99. The van der Waals surface area contributed by atoms with Gasteiger partial charge in [-0.15, -0.1) is 24.8 Å². The molecule has 1 aliphatic heterocycles. The van der Waals surface area contributed by atoms with Crippen LogP contribution in [0, 0.1) is 5.41 Å². The Balaban J connectivity index is 0.00000144. The smallest absolute Gasteiger partial charge is 0.272 e.